The Morgan fingerprint density at radius 1 is 0.477 bits per heavy atom. The van der Waals surface area contributed by atoms with Crippen molar-refractivity contribution >= 4 is 112 Å². The Hall–Kier alpha value is -11.7. The van der Waals surface area contributed by atoms with Gasteiger partial charge in [-0.15, -0.1) is 0 Å². The van der Waals surface area contributed by atoms with E-state index < -0.39 is 238 Å². The number of hydrogen-bond acceptors (Lipinski definition) is 22. The number of ketones is 1. The number of carboxylic acids is 1. The Bertz CT molecular complexity index is 3570. The van der Waals surface area contributed by atoms with Crippen molar-refractivity contribution in [3.8, 4) is 0 Å². The van der Waals surface area contributed by atoms with Gasteiger partial charge < -0.3 is 119 Å². The molecule has 1 saturated carbocycles. The van der Waals surface area contributed by atoms with Gasteiger partial charge in [-0.3, -0.25) is 91.3 Å². The van der Waals surface area contributed by atoms with Gasteiger partial charge in [-0.2, -0.15) is 0 Å². The maximum Gasteiger partial charge on any atom is 0.303 e. The predicted octanol–water partition coefficient (Wildman–Crippen LogP) is -8.75. The van der Waals surface area contributed by atoms with Crippen LogP contribution in [0.25, 0.3) is 0 Å². The van der Waals surface area contributed by atoms with E-state index in [-0.39, 0.29) is 81.3 Å². The molecule has 111 heavy (non-hydrogen) atoms. The molecule has 1 aliphatic carbocycles. The number of guanidine groups is 1. The van der Waals surface area contributed by atoms with Crippen molar-refractivity contribution in [2.45, 2.75) is 190 Å². The molecule has 11 atom stereocenters. The molecule has 1 aliphatic rings. The Labute approximate surface area is 639 Å². The molecule has 3 rings (SSSR count). The van der Waals surface area contributed by atoms with Gasteiger partial charge in [0.05, 0.1) is 19.5 Å². The van der Waals surface area contributed by atoms with Crippen LogP contribution < -0.4 is 104 Å². The van der Waals surface area contributed by atoms with Crippen molar-refractivity contribution < 1.29 is 96.5 Å². The summed E-state index contributed by atoms with van der Waals surface area (Å²) in [5.74, 6) is -19.3. The lowest BCUT2D eigenvalue weighted by Crippen LogP contribution is -2.62. The number of aromatic amines is 1. The number of aliphatic carboxylic acids is 1. The lowest BCUT2D eigenvalue weighted by molar-refractivity contribution is -0.139. The highest BCUT2D eigenvalue weighted by Gasteiger charge is 2.38. The summed E-state index contributed by atoms with van der Waals surface area (Å²) in [4.78, 5) is 251. The monoisotopic (exact) mass is 1560 g/mol. The van der Waals surface area contributed by atoms with E-state index in [1.54, 1.807) is 69.9 Å². The minimum atomic E-state index is -1.96. The molecule has 0 spiro atoms. The van der Waals surface area contributed by atoms with E-state index in [4.69, 9.17) is 40.1 Å². The van der Waals surface area contributed by atoms with Crippen LogP contribution in [0.2, 0.25) is 0 Å². The maximum absolute atomic E-state index is 14.6. The van der Waals surface area contributed by atoms with Crippen molar-refractivity contribution in [1.29, 1.82) is 0 Å². The van der Waals surface area contributed by atoms with Crippen LogP contribution in [0.15, 0.2) is 47.8 Å². The fourth-order valence-electron chi connectivity index (χ4n) is 10.7. The van der Waals surface area contributed by atoms with Gasteiger partial charge in [0, 0.05) is 82.3 Å². The minimum Gasteiger partial charge on any atom is -0.481 e. The number of H-pyrrole nitrogens is 1. The quantitative estimate of drug-likeness (QED) is 0.0166. The van der Waals surface area contributed by atoms with Crippen molar-refractivity contribution in [3.05, 3.63) is 85.7 Å². The number of nitrogens with zero attached hydrogens (tertiary/aromatic N) is 2. The van der Waals surface area contributed by atoms with Crippen LogP contribution in [-0.2, 0) is 99.1 Å². The molecule has 29 N–H and O–H groups in total. The number of Topliss-reactive ketones (excluding diaryl/α,β-unsaturated/α-hetero) is 1. The molecule has 0 aliphatic heterocycles. The van der Waals surface area contributed by atoms with Gasteiger partial charge in [-0.1, -0.05) is 58.0 Å². The summed E-state index contributed by atoms with van der Waals surface area (Å²) in [6.07, 6.45) is 2.90. The van der Waals surface area contributed by atoms with E-state index in [9.17, 15) is 96.5 Å². The van der Waals surface area contributed by atoms with Gasteiger partial charge in [0.2, 0.25) is 94.5 Å². The number of amides is 16. The third-order valence-corrected chi connectivity index (χ3v) is 16.7. The van der Waals surface area contributed by atoms with Gasteiger partial charge in [0.1, 0.15) is 72.2 Å². The van der Waals surface area contributed by atoms with Crippen molar-refractivity contribution in [2.75, 3.05) is 26.2 Å². The van der Waals surface area contributed by atoms with Crippen molar-refractivity contribution in [2.24, 2.45) is 57.0 Å². The zero-order valence-corrected chi connectivity index (χ0v) is 62.0. The van der Waals surface area contributed by atoms with Crippen molar-refractivity contribution in [1.82, 2.24) is 73.8 Å². The molecule has 0 saturated heterocycles. The smallest absolute Gasteiger partial charge is 0.303 e. The van der Waals surface area contributed by atoms with Gasteiger partial charge in [-0.05, 0) is 88.0 Å². The molecule has 1 aromatic heterocycles. The molecule has 0 unspecified atom stereocenters. The van der Waals surface area contributed by atoms with E-state index in [0.29, 0.717) is 11.5 Å². The summed E-state index contributed by atoms with van der Waals surface area (Å²) < 4.78 is 0. The number of carbonyl (C=O) groups excluding carboxylic acids is 17. The van der Waals surface area contributed by atoms with Crippen LogP contribution in [0.1, 0.15) is 122 Å². The summed E-state index contributed by atoms with van der Waals surface area (Å²) >= 11 is 0. The molecule has 2 aromatic rings. The highest BCUT2D eigenvalue weighted by molar-refractivity contribution is 6.01. The number of nitrogens with two attached hydrogens (primary N) is 7. The Morgan fingerprint density at radius 2 is 0.919 bits per heavy atom. The largest absolute Gasteiger partial charge is 0.481 e. The third kappa shape index (κ3) is 35.9. The summed E-state index contributed by atoms with van der Waals surface area (Å²) in [5.41, 5.74) is 38.7. The zero-order chi connectivity index (χ0) is 83.0. The Morgan fingerprint density at radius 3 is 1.40 bits per heavy atom. The molecule has 1 aromatic carbocycles. The number of carboxylic acid groups (broad SMARTS) is 1. The molecule has 5 radical (unpaired) electrons. The number of aliphatic hydroxyl groups excluding tert-OH is 1. The van der Waals surface area contributed by atoms with Crippen LogP contribution >= 0.6 is 0 Å². The molecule has 609 valence electrons. The summed E-state index contributed by atoms with van der Waals surface area (Å²) in [5, 5.41) is 49.6. The van der Waals surface area contributed by atoms with Crippen LogP contribution in [0.3, 0.4) is 0 Å². The normalized spacial score (nSPS) is 14.8. The summed E-state index contributed by atoms with van der Waals surface area (Å²) in [7, 11) is 0. The molecular formula is C69H103N22O20. The molecule has 1 fully saturated rings. The average Bonchev–Trinajstić information content (AvgIpc) is 1.01. The first kappa shape index (κ1) is 93.5. The second-order valence-electron chi connectivity index (χ2n) is 26.6. The van der Waals surface area contributed by atoms with Gasteiger partial charge in [0.15, 0.2) is 5.96 Å². The average molecular weight is 1560 g/mol. The van der Waals surface area contributed by atoms with Gasteiger partial charge >= 0.3 is 5.97 Å². The fourth-order valence-corrected chi connectivity index (χ4v) is 10.7. The van der Waals surface area contributed by atoms with Crippen LogP contribution in [-0.4, -0.2) is 225 Å². The topological polar surface area (TPSA) is 715 Å². The fraction of sp³-hybridized carbons (Fsp3) is 0.522. The first-order valence-corrected chi connectivity index (χ1v) is 35.5. The number of nitrogens with one attached hydrogen (secondary N) is 13. The summed E-state index contributed by atoms with van der Waals surface area (Å²) in [6.45, 7) is 3.89. The lowest BCUT2D eigenvalue weighted by atomic mass is 9.99. The maximum atomic E-state index is 14.6. The number of benzene rings is 1. The number of rotatable bonds is 53. The Balaban J connectivity index is 1.96. The molecule has 42 nitrogen and oxygen atoms in total. The van der Waals surface area contributed by atoms with E-state index in [2.05, 4.69) is 78.8 Å². The number of imidazole rings is 1. The molecular weight excluding hydrogens is 1460 g/mol. The van der Waals surface area contributed by atoms with E-state index >= 15 is 0 Å². The van der Waals surface area contributed by atoms with Crippen molar-refractivity contribution in [3.63, 3.8) is 0 Å². The van der Waals surface area contributed by atoms with E-state index in [0.717, 1.165) is 0 Å². The van der Waals surface area contributed by atoms with Crippen LogP contribution in [0, 0.1) is 43.4 Å². The number of carbonyl (C=O) groups is 18. The first-order chi connectivity index (χ1) is 52.4. The minimum absolute atomic E-state index is 0.0455. The summed E-state index contributed by atoms with van der Waals surface area (Å²) in [6, 6.07) is -10.1. The second-order valence-corrected chi connectivity index (χ2v) is 26.6. The Kier molecular flexibility index (Phi) is 41.0. The molecule has 16 amide bonds. The first-order valence-electron chi connectivity index (χ1n) is 35.5. The van der Waals surface area contributed by atoms with Gasteiger partial charge in [-0.25, -0.2) is 4.98 Å². The second kappa shape index (κ2) is 48.6. The van der Waals surface area contributed by atoms with E-state index in [1.807, 2.05) is 0 Å². The lowest BCUT2D eigenvalue weighted by Gasteiger charge is -2.29. The molecule has 42 heteroatoms. The standard InChI is InChI=1S/C69H103N22O20/c1-35(2)27-45(87-64(107)46(28-37-11-6-5-7-12-37)88-66(109)48(81-55(98)30-70)32-79-54(97)24-20-50(93)38-13-8-9-14-38)63(106)90-49(33-92)67(110)85-44(19-25-56(99)100)61(104)89-47(29-39-31-77-34-80-39)65(108)84-42(17-22-52(72)95)60(103)83-41(15-10-26-78-69(75)76)62(105)91-57(36(3)4)68(111)86-43(18-23-53(73)96)59(102)82-40(58(74)101)16-21-51(71)94/h5-9,11-14,31,34-36,40-49,57,92H,10,15-30,32-33,70H2,1-4H3,(H2,71,94)(H2,72,95)(H2,73,96)(H2,74,101)(H,77,80)(H,79,97)(H,81,98)(H,82,102)(H,83,103)(H,84,108)(H,85,110)(H,86,111)(H,87,107)(H,88,109)(H,89,104)(H,90,106)(H,91,105)(H,99,100)(H4,75,76,78)/t40-,41-,42-,43-,44-,45-,46-,47-,48-,49-,57-/m0/s1. The molecule has 1 heterocycles. The number of hydrogen-bond donors (Lipinski definition) is 22. The molecule has 0 bridgehead atoms. The van der Waals surface area contributed by atoms with Crippen LogP contribution in [0.5, 0.6) is 0 Å². The zero-order valence-electron chi connectivity index (χ0n) is 62.0. The highest BCUT2D eigenvalue weighted by atomic mass is 16.4. The number of aliphatic hydroxyl groups is 1. The number of primary amides is 4. The van der Waals surface area contributed by atoms with Crippen LogP contribution in [0.4, 0.5) is 0 Å². The SMILES string of the molecule is CC(C)C[C@H](NC(=O)[C@H](Cc1ccccc1)NC(=O)[C@H](CNC(=O)CCC(=O)[C]1[CH][CH][CH][CH]1)NC(=O)CN)C(=O)N[C@@H](CO)C(=O)N[C@@H](CCC(=O)O)C(=O)N[C@@H](Cc1cnc[nH]1)C(=O)N[C@@H](CCC(N)=O)C(=O)N[C@@H](CCCN=C(N)N)C(=O)N[C@H](C(=O)N[C@@H](CCC(N)=O)C(=O)N[C@@H](CCC(N)=O)C(N)=O)C(C)C. The number of aromatic nitrogens is 2. The number of aliphatic imine (C=N–C) groups is 1. The van der Waals surface area contributed by atoms with Gasteiger partial charge in [0.25, 0.3) is 0 Å². The predicted molar refractivity (Wildman–Crippen MR) is 393 cm³/mol. The highest BCUT2D eigenvalue weighted by Crippen LogP contribution is 2.25. The third-order valence-electron chi connectivity index (χ3n) is 16.7. The van der Waals surface area contributed by atoms with E-state index in [1.165, 1.54) is 26.4 Å².